The fourth-order valence-corrected chi connectivity index (χ4v) is 2.79. The number of benzene rings is 2. The highest BCUT2D eigenvalue weighted by molar-refractivity contribution is 5.98. The summed E-state index contributed by atoms with van der Waals surface area (Å²) in [4.78, 5) is 22.9. The van der Waals surface area contributed by atoms with Gasteiger partial charge in [-0.3, -0.25) is 14.9 Å². The van der Waals surface area contributed by atoms with Crippen molar-refractivity contribution in [1.29, 1.82) is 0 Å². The lowest BCUT2D eigenvalue weighted by molar-refractivity contribution is -0.384. The van der Waals surface area contributed by atoms with Crippen molar-refractivity contribution in [3.63, 3.8) is 0 Å². The van der Waals surface area contributed by atoms with Gasteiger partial charge in [0.1, 0.15) is 0 Å². The van der Waals surface area contributed by atoms with E-state index >= 15 is 0 Å². The zero-order valence-electron chi connectivity index (χ0n) is 11.8. The highest BCUT2D eigenvalue weighted by Gasteiger charge is 2.35. The van der Waals surface area contributed by atoms with Gasteiger partial charge in [0.05, 0.1) is 16.9 Å². The third-order valence-electron chi connectivity index (χ3n) is 3.92. The summed E-state index contributed by atoms with van der Waals surface area (Å²) in [7, 11) is 0. The van der Waals surface area contributed by atoms with Crippen molar-refractivity contribution in [2.75, 3.05) is 6.61 Å². The molecular weight excluding hydrogens is 282 g/mol. The number of carbonyl (C=O) groups is 1. The Bertz CT molecular complexity index is 682. The summed E-state index contributed by atoms with van der Waals surface area (Å²) < 4.78 is 5.70. The van der Waals surface area contributed by atoms with Crippen LogP contribution in [-0.4, -0.2) is 17.3 Å². The van der Waals surface area contributed by atoms with E-state index in [1.807, 2.05) is 18.2 Å². The second-order valence-corrected chi connectivity index (χ2v) is 5.27. The molecule has 2 aromatic rings. The van der Waals surface area contributed by atoms with Crippen LogP contribution in [0.25, 0.3) is 0 Å². The fourth-order valence-electron chi connectivity index (χ4n) is 2.79. The van der Waals surface area contributed by atoms with Gasteiger partial charge in [0.25, 0.3) is 5.69 Å². The molecule has 1 aliphatic rings. The smallest absolute Gasteiger partial charge is 0.269 e. The quantitative estimate of drug-likeness (QED) is 0.491. The normalized spacial score (nSPS) is 20.7. The van der Waals surface area contributed by atoms with Crippen molar-refractivity contribution in [3.05, 3.63) is 75.8 Å². The molecule has 1 aliphatic heterocycles. The maximum absolute atomic E-state index is 12.6. The molecule has 0 N–H and O–H groups in total. The Hall–Kier alpha value is -2.53. The molecule has 2 aromatic carbocycles. The van der Waals surface area contributed by atoms with Gasteiger partial charge in [-0.15, -0.1) is 0 Å². The van der Waals surface area contributed by atoms with Gasteiger partial charge in [0.2, 0.25) is 0 Å². The van der Waals surface area contributed by atoms with Crippen molar-refractivity contribution in [2.45, 2.75) is 12.5 Å². The van der Waals surface area contributed by atoms with Gasteiger partial charge in [0.15, 0.2) is 5.78 Å². The first kappa shape index (κ1) is 14.4. The van der Waals surface area contributed by atoms with E-state index in [1.165, 1.54) is 12.1 Å². The van der Waals surface area contributed by atoms with Gasteiger partial charge in [-0.25, -0.2) is 0 Å². The Morgan fingerprint density at radius 1 is 1.09 bits per heavy atom. The number of hydrogen-bond donors (Lipinski definition) is 0. The maximum Gasteiger partial charge on any atom is 0.269 e. The second-order valence-electron chi connectivity index (χ2n) is 5.27. The first-order valence-electron chi connectivity index (χ1n) is 7.12. The monoisotopic (exact) mass is 297 g/mol. The van der Waals surface area contributed by atoms with E-state index in [4.69, 9.17) is 4.74 Å². The van der Waals surface area contributed by atoms with E-state index in [0.29, 0.717) is 18.6 Å². The number of hydrogen-bond acceptors (Lipinski definition) is 4. The highest BCUT2D eigenvalue weighted by Crippen LogP contribution is 2.37. The van der Waals surface area contributed by atoms with Crippen molar-refractivity contribution in [1.82, 2.24) is 0 Å². The number of Topliss-reactive ketones (excluding diaryl/α,β-unsaturated/α-hetero) is 1. The summed E-state index contributed by atoms with van der Waals surface area (Å²) in [6.45, 7) is 0.519. The van der Waals surface area contributed by atoms with Crippen molar-refractivity contribution < 1.29 is 14.5 Å². The molecule has 0 bridgehead atoms. The van der Waals surface area contributed by atoms with Crippen molar-refractivity contribution in [3.8, 4) is 0 Å². The molecule has 1 fully saturated rings. The van der Waals surface area contributed by atoms with Crippen LogP contribution in [0.2, 0.25) is 0 Å². The number of non-ortho nitro benzene ring substituents is 1. The molecule has 0 unspecified atom stereocenters. The van der Waals surface area contributed by atoms with Crippen molar-refractivity contribution in [2.24, 2.45) is 5.92 Å². The Balaban J connectivity index is 1.84. The molecule has 0 aromatic heterocycles. The number of nitrogens with zero attached hydrogens (tertiary/aromatic N) is 1. The molecule has 0 spiro atoms. The molecule has 22 heavy (non-hydrogen) atoms. The summed E-state index contributed by atoms with van der Waals surface area (Å²) >= 11 is 0. The molecule has 5 heteroatoms. The first-order chi connectivity index (χ1) is 10.7. The summed E-state index contributed by atoms with van der Waals surface area (Å²) in [5, 5.41) is 10.7. The minimum atomic E-state index is -0.439. The summed E-state index contributed by atoms with van der Waals surface area (Å²) in [6, 6.07) is 15.4. The number of nitro groups is 1. The van der Waals surface area contributed by atoms with Gasteiger partial charge >= 0.3 is 0 Å². The molecule has 5 nitrogen and oxygen atoms in total. The zero-order chi connectivity index (χ0) is 15.5. The van der Waals surface area contributed by atoms with Crippen molar-refractivity contribution >= 4 is 11.5 Å². The summed E-state index contributed by atoms with van der Waals surface area (Å²) in [5.74, 6) is -0.190. The largest absolute Gasteiger partial charge is 0.373 e. The zero-order valence-corrected chi connectivity index (χ0v) is 11.8. The molecule has 0 aliphatic carbocycles. The van der Waals surface area contributed by atoms with Crippen LogP contribution >= 0.6 is 0 Å². The molecule has 112 valence electrons. The van der Waals surface area contributed by atoms with Crippen LogP contribution < -0.4 is 0 Å². The Labute approximate surface area is 127 Å². The average molecular weight is 297 g/mol. The molecular formula is C17H15NO4. The predicted octanol–water partition coefficient (Wildman–Crippen LogP) is 3.56. The number of rotatable bonds is 4. The van der Waals surface area contributed by atoms with Gasteiger partial charge in [-0.2, -0.15) is 0 Å². The number of ketones is 1. The molecule has 1 heterocycles. The van der Waals surface area contributed by atoms with Crippen LogP contribution in [0.5, 0.6) is 0 Å². The van der Waals surface area contributed by atoms with Gasteiger partial charge in [-0.05, 0) is 24.1 Å². The van der Waals surface area contributed by atoms with E-state index in [0.717, 1.165) is 5.56 Å². The minimum Gasteiger partial charge on any atom is -0.373 e. The van der Waals surface area contributed by atoms with Crippen LogP contribution in [0.3, 0.4) is 0 Å². The van der Waals surface area contributed by atoms with Crippen LogP contribution in [0, 0.1) is 16.0 Å². The minimum absolute atomic E-state index is 0.0349. The standard InChI is InChI=1S/C17H15NO4/c19-16(12-4-2-1-3-5-12)15-10-11-22-17(15)13-6-8-14(9-7-13)18(20)21/h1-9,15,17H,10-11H2/t15-,17-/m0/s1. The molecule has 1 saturated heterocycles. The Kier molecular flexibility index (Phi) is 3.98. The van der Waals surface area contributed by atoms with E-state index in [-0.39, 0.29) is 23.5 Å². The highest BCUT2D eigenvalue weighted by atomic mass is 16.6. The maximum atomic E-state index is 12.6. The molecule has 0 amide bonds. The van der Waals surface area contributed by atoms with E-state index < -0.39 is 4.92 Å². The number of carbonyl (C=O) groups excluding carboxylic acids is 1. The van der Waals surface area contributed by atoms with E-state index in [9.17, 15) is 14.9 Å². The third-order valence-corrected chi connectivity index (χ3v) is 3.92. The predicted molar refractivity (Wildman–Crippen MR) is 80.7 cm³/mol. The van der Waals surface area contributed by atoms with Gasteiger partial charge in [-0.1, -0.05) is 30.3 Å². The Morgan fingerprint density at radius 3 is 2.41 bits per heavy atom. The lowest BCUT2D eigenvalue weighted by Gasteiger charge is -2.18. The van der Waals surface area contributed by atoms with Crippen LogP contribution in [0.1, 0.15) is 28.4 Å². The number of nitro benzene ring substituents is 1. The molecule has 0 radical (unpaired) electrons. The molecule has 3 rings (SSSR count). The molecule has 2 atom stereocenters. The van der Waals surface area contributed by atoms with Crippen LogP contribution in [0.15, 0.2) is 54.6 Å². The van der Waals surface area contributed by atoms with Crippen LogP contribution in [0.4, 0.5) is 5.69 Å². The van der Waals surface area contributed by atoms with Gasteiger partial charge < -0.3 is 4.74 Å². The lowest BCUT2D eigenvalue weighted by Crippen LogP contribution is -2.18. The number of ether oxygens (including phenoxy) is 1. The topological polar surface area (TPSA) is 69.4 Å². The summed E-state index contributed by atoms with van der Waals surface area (Å²) in [6.07, 6.45) is 0.323. The lowest BCUT2D eigenvalue weighted by atomic mass is 9.88. The third kappa shape index (κ3) is 2.76. The average Bonchev–Trinajstić information content (AvgIpc) is 3.04. The second kappa shape index (κ2) is 6.07. The Morgan fingerprint density at radius 2 is 1.77 bits per heavy atom. The van der Waals surface area contributed by atoms with E-state index in [2.05, 4.69) is 0 Å². The fraction of sp³-hybridized carbons (Fsp3) is 0.235. The van der Waals surface area contributed by atoms with Crippen LogP contribution in [-0.2, 0) is 4.74 Å². The molecule has 0 saturated carbocycles. The van der Waals surface area contributed by atoms with Gasteiger partial charge in [0, 0.05) is 24.3 Å². The van der Waals surface area contributed by atoms with E-state index in [1.54, 1.807) is 24.3 Å². The SMILES string of the molecule is O=C(c1ccccc1)[C@@H]1CCO[C@H]1c1ccc([N+](=O)[O-])cc1. The first-order valence-corrected chi connectivity index (χ1v) is 7.12. The summed E-state index contributed by atoms with van der Waals surface area (Å²) in [5.41, 5.74) is 1.51.